The quantitative estimate of drug-likeness (QED) is 0.253. The second kappa shape index (κ2) is 20.1. The first-order valence-corrected chi connectivity index (χ1v) is 8.79. The van der Waals surface area contributed by atoms with E-state index in [0.29, 0.717) is 0 Å². The van der Waals surface area contributed by atoms with Crippen LogP contribution in [0.3, 0.4) is 0 Å². The van der Waals surface area contributed by atoms with E-state index in [1.54, 1.807) is 6.08 Å². The van der Waals surface area contributed by atoms with E-state index in [-0.39, 0.29) is 0 Å². The molecule has 116 valence electrons. The van der Waals surface area contributed by atoms with Gasteiger partial charge in [0.05, 0.1) is 0 Å². The first-order chi connectivity index (χ1) is 9.22. The topological polar surface area (TPSA) is 0 Å². The molecule has 0 rings (SSSR count). The summed E-state index contributed by atoms with van der Waals surface area (Å²) in [6.45, 7) is 12.3. The van der Waals surface area contributed by atoms with Gasteiger partial charge in [0, 0.05) is 0 Å². The smallest absolute Gasteiger partial charge is 0.0443 e. The fourth-order valence-electron chi connectivity index (χ4n) is 2.34. The lowest BCUT2D eigenvalue weighted by atomic mass is 9.96. The molecule has 0 radical (unpaired) electrons. The molecule has 0 amide bonds. The third kappa shape index (κ3) is 23.3. The second-order valence-electron chi connectivity index (χ2n) is 5.92. The first kappa shape index (κ1) is 21.0. The maximum atomic E-state index is 3.36. The van der Waals surface area contributed by atoms with Crippen LogP contribution in [0.15, 0.2) is 12.7 Å². The molecule has 0 aromatic rings. The van der Waals surface area contributed by atoms with Gasteiger partial charge in [0.15, 0.2) is 0 Å². The Balaban J connectivity index is 0. The molecule has 1 unspecified atom stereocenters. The number of hydrogen-bond acceptors (Lipinski definition) is 0. The monoisotopic (exact) mass is 268 g/mol. The average Bonchev–Trinajstić information content (AvgIpc) is 2.40. The van der Waals surface area contributed by atoms with Crippen molar-refractivity contribution < 1.29 is 0 Å². The zero-order chi connectivity index (χ0) is 14.8. The zero-order valence-electron chi connectivity index (χ0n) is 14.3. The molecule has 0 saturated carbocycles. The molecule has 0 aromatic carbocycles. The van der Waals surface area contributed by atoms with Gasteiger partial charge in [-0.15, -0.1) is 6.58 Å². The van der Waals surface area contributed by atoms with Crippen LogP contribution in [0.4, 0.5) is 0 Å². The molecule has 19 heavy (non-hydrogen) atoms. The van der Waals surface area contributed by atoms with Crippen molar-refractivity contribution in [1.82, 2.24) is 0 Å². The molecule has 0 spiro atoms. The summed E-state index contributed by atoms with van der Waals surface area (Å²) in [5.74, 6) is 0.975. The van der Waals surface area contributed by atoms with Crippen molar-refractivity contribution in [3.8, 4) is 0 Å². The summed E-state index contributed by atoms with van der Waals surface area (Å²) in [5, 5.41) is 0. The van der Waals surface area contributed by atoms with E-state index in [1.807, 2.05) is 6.92 Å². The lowest BCUT2D eigenvalue weighted by molar-refractivity contribution is 0.434. The minimum Gasteiger partial charge on any atom is -0.103 e. The highest BCUT2D eigenvalue weighted by Crippen LogP contribution is 2.17. The van der Waals surface area contributed by atoms with Crippen molar-refractivity contribution in [3.63, 3.8) is 0 Å². The molecular weight excluding hydrogens is 228 g/mol. The Bertz CT molecular complexity index is 148. The summed E-state index contributed by atoms with van der Waals surface area (Å²) in [5.41, 5.74) is 0. The molecule has 0 heteroatoms. The minimum atomic E-state index is 0.975. The molecule has 0 bridgehead atoms. The molecule has 0 fully saturated rings. The average molecular weight is 269 g/mol. The van der Waals surface area contributed by atoms with E-state index in [2.05, 4.69) is 27.4 Å². The van der Waals surface area contributed by atoms with Crippen LogP contribution in [0.1, 0.15) is 105 Å². The predicted octanol–water partition coefficient (Wildman–Crippen LogP) is 7.54. The van der Waals surface area contributed by atoms with Crippen molar-refractivity contribution in [2.45, 2.75) is 105 Å². The van der Waals surface area contributed by atoms with Gasteiger partial charge < -0.3 is 0 Å². The predicted molar refractivity (Wildman–Crippen MR) is 91.8 cm³/mol. The highest BCUT2D eigenvalue weighted by atomic mass is 14.1. The number of rotatable bonds is 12. The molecule has 0 heterocycles. The van der Waals surface area contributed by atoms with Crippen LogP contribution in [0.25, 0.3) is 0 Å². The Hall–Kier alpha value is -0.260. The lowest BCUT2D eigenvalue weighted by Crippen LogP contribution is -1.95. The Morgan fingerprint density at radius 3 is 1.47 bits per heavy atom. The van der Waals surface area contributed by atoms with Gasteiger partial charge in [0.2, 0.25) is 0 Å². The standard InChI is InChI=1S/C16H34.C3H6/c1-4-6-8-10-11-13-15-16(3)14-12-9-7-5-2;1-3-2/h16H,4-15H2,1-3H3;3H,1H2,2H3. The molecule has 0 N–H and O–H groups in total. The SMILES string of the molecule is C=CC.CCCCCCCCC(C)CCCCCC. The number of unbranched alkanes of at least 4 members (excludes halogenated alkanes) is 8. The van der Waals surface area contributed by atoms with Crippen molar-refractivity contribution in [2.24, 2.45) is 5.92 Å². The van der Waals surface area contributed by atoms with E-state index in [4.69, 9.17) is 0 Å². The fraction of sp³-hybridized carbons (Fsp3) is 0.895. The molecule has 0 aliphatic heterocycles. The summed E-state index contributed by atoms with van der Waals surface area (Å²) in [7, 11) is 0. The molecule has 0 aromatic heterocycles. The van der Waals surface area contributed by atoms with Crippen LogP contribution < -0.4 is 0 Å². The van der Waals surface area contributed by atoms with Crippen LogP contribution in [0.5, 0.6) is 0 Å². The molecule has 0 saturated heterocycles. The van der Waals surface area contributed by atoms with Gasteiger partial charge in [-0.25, -0.2) is 0 Å². The van der Waals surface area contributed by atoms with Gasteiger partial charge in [0.1, 0.15) is 0 Å². The van der Waals surface area contributed by atoms with E-state index in [9.17, 15) is 0 Å². The zero-order valence-corrected chi connectivity index (χ0v) is 14.3. The fourth-order valence-corrected chi connectivity index (χ4v) is 2.34. The van der Waals surface area contributed by atoms with Crippen molar-refractivity contribution in [3.05, 3.63) is 12.7 Å². The molecule has 0 aliphatic carbocycles. The molecular formula is C19H40. The van der Waals surface area contributed by atoms with Gasteiger partial charge in [-0.1, -0.05) is 104 Å². The Morgan fingerprint density at radius 1 is 0.737 bits per heavy atom. The van der Waals surface area contributed by atoms with Gasteiger partial charge in [-0.3, -0.25) is 0 Å². The lowest BCUT2D eigenvalue weighted by Gasteiger charge is -2.10. The van der Waals surface area contributed by atoms with Gasteiger partial charge in [0.25, 0.3) is 0 Å². The highest BCUT2D eigenvalue weighted by molar-refractivity contribution is 4.55. The molecule has 1 atom stereocenters. The van der Waals surface area contributed by atoms with E-state index in [1.165, 1.54) is 77.0 Å². The van der Waals surface area contributed by atoms with Crippen molar-refractivity contribution in [1.29, 1.82) is 0 Å². The van der Waals surface area contributed by atoms with E-state index >= 15 is 0 Å². The maximum Gasteiger partial charge on any atom is -0.0443 e. The van der Waals surface area contributed by atoms with Crippen molar-refractivity contribution in [2.75, 3.05) is 0 Å². The van der Waals surface area contributed by atoms with Gasteiger partial charge >= 0.3 is 0 Å². The molecule has 0 aliphatic rings. The van der Waals surface area contributed by atoms with Crippen molar-refractivity contribution >= 4 is 0 Å². The van der Waals surface area contributed by atoms with E-state index < -0.39 is 0 Å². The summed E-state index contributed by atoms with van der Waals surface area (Å²) in [6, 6.07) is 0. The Kier molecular flexibility index (Phi) is 22.2. The number of hydrogen-bond donors (Lipinski definition) is 0. The maximum absolute atomic E-state index is 3.36. The summed E-state index contributed by atoms with van der Waals surface area (Å²) >= 11 is 0. The van der Waals surface area contributed by atoms with Crippen LogP contribution in [0.2, 0.25) is 0 Å². The summed E-state index contributed by atoms with van der Waals surface area (Å²) in [4.78, 5) is 0. The van der Waals surface area contributed by atoms with E-state index in [0.717, 1.165) is 5.92 Å². The van der Waals surface area contributed by atoms with Gasteiger partial charge in [-0.05, 0) is 12.8 Å². The highest BCUT2D eigenvalue weighted by Gasteiger charge is 2.01. The van der Waals surface area contributed by atoms with Crippen LogP contribution in [-0.4, -0.2) is 0 Å². The summed E-state index contributed by atoms with van der Waals surface area (Å²) < 4.78 is 0. The minimum absolute atomic E-state index is 0.975. The van der Waals surface area contributed by atoms with Crippen LogP contribution in [0, 0.1) is 5.92 Å². The third-order valence-corrected chi connectivity index (χ3v) is 3.60. The largest absolute Gasteiger partial charge is 0.103 e. The Labute approximate surface area is 124 Å². The first-order valence-electron chi connectivity index (χ1n) is 8.79. The molecule has 0 nitrogen and oxygen atoms in total. The summed E-state index contributed by atoms with van der Waals surface area (Å²) in [6.07, 6.45) is 19.1. The Morgan fingerprint density at radius 2 is 1.05 bits per heavy atom. The third-order valence-electron chi connectivity index (χ3n) is 3.60. The van der Waals surface area contributed by atoms with Crippen LogP contribution >= 0.6 is 0 Å². The normalized spacial score (nSPS) is 11.6. The van der Waals surface area contributed by atoms with Crippen LogP contribution in [-0.2, 0) is 0 Å². The number of allylic oxidation sites excluding steroid dienone is 1. The van der Waals surface area contributed by atoms with Gasteiger partial charge in [-0.2, -0.15) is 0 Å². The second-order valence-corrected chi connectivity index (χ2v) is 5.92.